The molecule has 2 aromatic rings. The number of benzene rings is 2. The maximum atomic E-state index is 12.0. The number of hydrogen-bond donors (Lipinski definition) is 2. The number of nitrogens with zero attached hydrogens (tertiary/aromatic N) is 1. The Morgan fingerprint density at radius 1 is 1.21 bits per heavy atom. The standard InChI is InChI=1S/C15H10BrF3N2O3/c16-11-3-6-13(22)10(7-11)8-20-21-14(23)9-1-4-12(5-2-9)24-15(17,18)19/h1-8,22H,(H,21,23)/b20-8+. The Balaban J connectivity index is 1.99. The first-order valence-electron chi connectivity index (χ1n) is 6.42. The smallest absolute Gasteiger partial charge is 0.507 e. The monoisotopic (exact) mass is 402 g/mol. The molecule has 0 bridgehead atoms. The van der Waals surface area contributed by atoms with Crippen molar-refractivity contribution in [3.63, 3.8) is 0 Å². The summed E-state index contributed by atoms with van der Waals surface area (Å²) in [5, 5.41) is 13.3. The molecular weight excluding hydrogens is 393 g/mol. The summed E-state index contributed by atoms with van der Waals surface area (Å²) in [4.78, 5) is 11.8. The van der Waals surface area contributed by atoms with Gasteiger partial charge >= 0.3 is 6.36 Å². The quantitative estimate of drug-likeness (QED) is 0.603. The van der Waals surface area contributed by atoms with Gasteiger partial charge in [0.05, 0.1) is 6.21 Å². The first-order valence-corrected chi connectivity index (χ1v) is 7.21. The highest BCUT2D eigenvalue weighted by Crippen LogP contribution is 2.23. The van der Waals surface area contributed by atoms with Gasteiger partial charge in [0.25, 0.3) is 5.91 Å². The first kappa shape index (κ1) is 17.8. The molecular formula is C15H10BrF3N2O3. The van der Waals surface area contributed by atoms with Gasteiger partial charge < -0.3 is 9.84 Å². The highest BCUT2D eigenvalue weighted by Gasteiger charge is 2.31. The Morgan fingerprint density at radius 2 is 1.88 bits per heavy atom. The van der Waals surface area contributed by atoms with Crippen LogP contribution >= 0.6 is 15.9 Å². The normalized spacial score (nSPS) is 11.5. The lowest BCUT2D eigenvalue weighted by Crippen LogP contribution is -2.19. The fourth-order valence-electron chi connectivity index (χ4n) is 1.66. The summed E-state index contributed by atoms with van der Waals surface area (Å²) < 4.78 is 40.6. The van der Waals surface area contributed by atoms with Gasteiger partial charge in [0.2, 0.25) is 0 Å². The second-order valence-corrected chi connectivity index (χ2v) is 5.39. The number of hydrogen-bond acceptors (Lipinski definition) is 4. The van der Waals surface area contributed by atoms with E-state index in [0.717, 1.165) is 12.1 Å². The van der Waals surface area contributed by atoms with E-state index in [0.29, 0.717) is 10.0 Å². The van der Waals surface area contributed by atoms with Crippen molar-refractivity contribution in [1.82, 2.24) is 5.43 Å². The summed E-state index contributed by atoms with van der Waals surface area (Å²) in [6.45, 7) is 0. The summed E-state index contributed by atoms with van der Waals surface area (Å²) in [5.41, 5.74) is 2.67. The molecule has 0 spiro atoms. The molecule has 0 aliphatic rings. The number of carbonyl (C=O) groups excluding carboxylic acids is 1. The van der Waals surface area contributed by atoms with E-state index in [1.165, 1.54) is 24.4 Å². The second kappa shape index (κ2) is 7.35. The fraction of sp³-hybridized carbons (Fsp3) is 0.0667. The van der Waals surface area contributed by atoms with Crippen LogP contribution in [0.1, 0.15) is 15.9 Å². The molecule has 2 rings (SSSR count). The predicted octanol–water partition coefficient (Wildman–Crippen LogP) is 3.82. The fourth-order valence-corrected chi connectivity index (χ4v) is 2.04. The van der Waals surface area contributed by atoms with E-state index in [9.17, 15) is 23.1 Å². The minimum absolute atomic E-state index is 0.0233. The lowest BCUT2D eigenvalue weighted by molar-refractivity contribution is -0.274. The topological polar surface area (TPSA) is 70.9 Å². The number of rotatable bonds is 4. The van der Waals surface area contributed by atoms with Crippen LogP contribution in [0.2, 0.25) is 0 Å². The highest BCUT2D eigenvalue weighted by molar-refractivity contribution is 9.10. The summed E-state index contributed by atoms with van der Waals surface area (Å²) >= 11 is 3.23. The zero-order valence-corrected chi connectivity index (χ0v) is 13.4. The third-order valence-corrected chi connectivity index (χ3v) is 3.20. The van der Waals surface area contributed by atoms with Gasteiger partial charge in [-0.1, -0.05) is 15.9 Å². The van der Waals surface area contributed by atoms with Gasteiger partial charge in [-0.25, -0.2) is 5.43 Å². The van der Waals surface area contributed by atoms with Crippen molar-refractivity contribution in [3.8, 4) is 11.5 Å². The first-order chi connectivity index (χ1) is 11.2. The van der Waals surface area contributed by atoms with Gasteiger partial charge in [-0.2, -0.15) is 5.10 Å². The molecule has 0 heterocycles. The lowest BCUT2D eigenvalue weighted by Gasteiger charge is -2.08. The Labute approximate surface area is 142 Å². The van der Waals surface area contributed by atoms with Gasteiger partial charge in [0, 0.05) is 15.6 Å². The van der Waals surface area contributed by atoms with E-state index in [2.05, 4.69) is 31.2 Å². The number of hydrazone groups is 1. The van der Waals surface area contributed by atoms with Crippen LogP contribution < -0.4 is 10.2 Å². The van der Waals surface area contributed by atoms with Gasteiger partial charge in [0.1, 0.15) is 11.5 Å². The van der Waals surface area contributed by atoms with Crippen LogP contribution in [-0.2, 0) is 0 Å². The van der Waals surface area contributed by atoms with Crippen molar-refractivity contribution in [3.05, 3.63) is 58.1 Å². The van der Waals surface area contributed by atoms with Gasteiger partial charge in [-0.3, -0.25) is 4.79 Å². The predicted molar refractivity (Wildman–Crippen MR) is 84.0 cm³/mol. The molecule has 5 nitrogen and oxygen atoms in total. The number of ether oxygens (including phenoxy) is 1. The molecule has 0 saturated carbocycles. The van der Waals surface area contributed by atoms with Crippen molar-refractivity contribution in [2.45, 2.75) is 6.36 Å². The molecule has 0 aliphatic carbocycles. The average Bonchev–Trinajstić information content (AvgIpc) is 2.49. The maximum Gasteiger partial charge on any atom is 0.573 e. The molecule has 0 radical (unpaired) electrons. The molecule has 126 valence electrons. The van der Waals surface area contributed by atoms with Crippen LogP contribution in [0.15, 0.2) is 52.0 Å². The summed E-state index contributed by atoms with van der Waals surface area (Å²) in [5.74, 6) is -1.08. The van der Waals surface area contributed by atoms with E-state index in [1.54, 1.807) is 12.1 Å². The summed E-state index contributed by atoms with van der Waals surface area (Å²) in [7, 11) is 0. The zero-order valence-electron chi connectivity index (χ0n) is 11.8. The summed E-state index contributed by atoms with van der Waals surface area (Å²) in [6.07, 6.45) is -3.56. The van der Waals surface area contributed by atoms with E-state index in [1.807, 2.05) is 0 Å². The molecule has 1 amide bonds. The molecule has 2 N–H and O–H groups in total. The van der Waals surface area contributed by atoms with Crippen LogP contribution in [0, 0.1) is 0 Å². The van der Waals surface area contributed by atoms with Gasteiger partial charge in [-0.05, 0) is 42.5 Å². The average molecular weight is 403 g/mol. The van der Waals surface area contributed by atoms with Crippen molar-refractivity contribution in [1.29, 1.82) is 0 Å². The number of halogens is 4. The Hall–Kier alpha value is -2.55. The number of alkyl halides is 3. The summed E-state index contributed by atoms with van der Waals surface area (Å²) in [6, 6.07) is 9.06. The van der Waals surface area contributed by atoms with Gasteiger partial charge in [0.15, 0.2) is 0 Å². The third-order valence-electron chi connectivity index (χ3n) is 2.71. The Morgan fingerprint density at radius 3 is 2.50 bits per heavy atom. The molecule has 24 heavy (non-hydrogen) atoms. The van der Waals surface area contributed by atoms with Crippen LogP contribution in [0.3, 0.4) is 0 Å². The number of phenolic OH excluding ortho intramolecular Hbond substituents is 1. The third kappa shape index (κ3) is 5.27. The van der Waals surface area contributed by atoms with Crippen molar-refractivity contribution in [2.24, 2.45) is 5.10 Å². The molecule has 9 heteroatoms. The SMILES string of the molecule is O=C(N/N=C/c1cc(Br)ccc1O)c1ccc(OC(F)(F)F)cc1. The number of aromatic hydroxyl groups is 1. The largest absolute Gasteiger partial charge is 0.573 e. The Bertz CT molecular complexity index is 762. The number of nitrogens with one attached hydrogen (secondary N) is 1. The molecule has 0 unspecified atom stereocenters. The van der Waals surface area contributed by atoms with E-state index >= 15 is 0 Å². The zero-order chi connectivity index (χ0) is 17.7. The maximum absolute atomic E-state index is 12.0. The molecule has 0 aromatic heterocycles. The number of carbonyl (C=O) groups is 1. The molecule has 0 atom stereocenters. The lowest BCUT2D eigenvalue weighted by atomic mass is 10.2. The molecule has 0 aliphatic heterocycles. The molecule has 0 saturated heterocycles. The van der Waals surface area contributed by atoms with Gasteiger partial charge in [-0.15, -0.1) is 13.2 Å². The van der Waals surface area contributed by atoms with Crippen molar-refractivity contribution < 1.29 is 27.8 Å². The van der Waals surface area contributed by atoms with E-state index in [4.69, 9.17) is 0 Å². The minimum atomic E-state index is -4.79. The van der Waals surface area contributed by atoms with E-state index < -0.39 is 18.0 Å². The van der Waals surface area contributed by atoms with Crippen LogP contribution in [-0.4, -0.2) is 23.6 Å². The van der Waals surface area contributed by atoms with Crippen LogP contribution in [0.5, 0.6) is 11.5 Å². The number of amides is 1. The molecule has 2 aromatic carbocycles. The molecule has 0 fully saturated rings. The van der Waals surface area contributed by atoms with Crippen molar-refractivity contribution in [2.75, 3.05) is 0 Å². The minimum Gasteiger partial charge on any atom is -0.507 e. The second-order valence-electron chi connectivity index (χ2n) is 4.47. The van der Waals surface area contributed by atoms with Crippen LogP contribution in [0.4, 0.5) is 13.2 Å². The van der Waals surface area contributed by atoms with E-state index in [-0.39, 0.29) is 11.3 Å². The Kier molecular flexibility index (Phi) is 5.45. The van der Waals surface area contributed by atoms with Crippen molar-refractivity contribution >= 4 is 28.1 Å². The highest BCUT2D eigenvalue weighted by atomic mass is 79.9. The number of phenols is 1. The van der Waals surface area contributed by atoms with Crippen LogP contribution in [0.25, 0.3) is 0 Å².